The van der Waals surface area contributed by atoms with Crippen molar-refractivity contribution in [3.05, 3.63) is 71.5 Å². The lowest BCUT2D eigenvalue weighted by atomic mass is 10.0. The summed E-state index contributed by atoms with van der Waals surface area (Å²) in [6, 6.07) is 13.4. The maximum absolute atomic E-state index is 14.0. The lowest BCUT2D eigenvalue weighted by Gasteiger charge is -2.06. The van der Waals surface area contributed by atoms with Gasteiger partial charge in [0.25, 0.3) is 0 Å². The van der Waals surface area contributed by atoms with Crippen LogP contribution in [0, 0.1) is 19.3 Å². The monoisotopic (exact) mass is 333 g/mol. The normalized spacial score (nSPS) is 11.1. The summed E-state index contributed by atoms with van der Waals surface area (Å²) in [6.45, 7) is 9.41. The van der Waals surface area contributed by atoms with Gasteiger partial charge in [-0.1, -0.05) is 18.2 Å². The molecule has 2 aromatic carbocycles. The molecule has 0 atom stereocenters. The fourth-order valence-corrected chi connectivity index (χ4v) is 4.56. The van der Waals surface area contributed by atoms with Crippen molar-refractivity contribution in [1.82, 2.24) is 0 Å². The van der Waals surface area contributed by atoms with Gasteiger partial charge < -0.3 is 0 Å². The van der Waals surface area contributed by atoms with Crippen LogP contribution in [0.25, 0.3) is 36.3 Å². The molecule has 2 aromatic heterocycles. The van der Waals surface area contributed by atoms with Crippen LogP contribution in [-0.4, -0.2) is 0 Å². The molecule has 0 amide bonds. The number of benzene rings is 2. The van der Waals surface area contributed by atoms with Crippen LogP contribution in [0.3, 0.4) is 0 Å². The third kappa shape index (κ3) is 2.02. The van der Waals surface area contributed by atoms with E-state index in [-0.39, 0.29) is 5.69 Å². The van der Waals surface area contributed by atoms with Crippen molar-refractivity contribution in [1.29, 1.82) is 0 Å². The number of pyridine rings is 1. The number of halogens is 1. The van der Waals surface area contributed by atoms with E-state index in [9.17, 15) is 4.39 Å². The van der Waals surface area contributed by atoms with Gasteiger partial charge in [-0.3, -0.25) is 0 Å². The topological polar surface area (TPSA) is 8.24 Å². The second-order valence-electron chi connectivity index (χ2n) is 5.82. The molecule has 0 radical (unpaired) electrons. The van der Waals surface area contributed by atoms with Crippen molar-refractivity contribution >= 4 is 37.2 Å². The molecule has 0 aliphatic rings. The molecule has 2 nitrogen and oxygen atoms in total. The molecule has 24 heavy (non-hydrogen) atoms. The van der Waals surface area contributed by atoms with E-state index >= 15 is 0 Å². The Bertz CT molecular complexity index is 1150. The molecule has 4 rings (SSSR count). The number of hydrogen-bond acceptors (Lipinski definition) is 1. The Morgan fingerprint density at radius 2 is 1.79 bits per heavy atom. The fraction of sp³-hybridized carbons (Fsp3) is 0.100. The van der Waals surface area contributed by atoms with Gasteiger partial charge in [-0.05, 0) is 35.4 Å². The number of nitrogens with zero attached hydrogens (tertiary/aromatic N) is 2. The SMILES string of the molecule is [C-]#[N+]c1c(F)ccc2c1sc1c(-c3cccc[n+]3C)c(C)ccc12. The number of aryl methyl sites for hydroxylation is 2. The van der Waals surface area contributed by atoms with Crippen molar-refractivity contribution < 1.29 is 8.96 Å². The Hall–Kier alpha value is -2.77. The van der Waals surface area contributed by atoms with Crippen LogP contribution < -0.4 is 4.57 Å². The molecule has 0 spiro atoms. The van der Waals surface area contributed by atoms with Gasteiger partial charge in [0.2, 0.25) is 11.4 Å². The van der Waals surface area contributed by atoms with Crippen LogP contribution in [0.5, 0.6) is 0 Å². The molecular formula is C20H14FN2S+. The number of fused-ring (bicyclic) bond motifs is 3. The molecule has 0 bridgehead atoms. The van der Waals surface area contributed by atoms with Gasteiger partial charge >= 0.3 is 0 Å². The minimum Gasteiger partial charge on any atom is -0.234 e. The zero-order valence-electron chi connectivity index (χ0n) is 13.3. The van der Waals surface area contributed by atoms with Crippen molar-refractivity contribution in [3.63, 3.8) is 0 Å². The number of hydrogen-bond donors (Lipinski definition) is 0. The molecule has 0 saturated heterocycles. The molecule has 4 aromatic rings. The highest BCUT2D eigenvalue weighted by atomic mass is 32.1. The molecule has 0 aliphatic carbocycles. The largest absolute Gasteiger partial charge is 0.239 e. The van der Waals surface area contributed by atoms with E-state index < -0.39 is 5.82 Å². The second-order valence-corrected chi connectivity index (χ2v) is 6.84. The summed E-state index contributed by atoms with van der Waals surface area (Å²) in [7, 11) is 2.02. The lowest BCUT2D eigenvalue weighted by molar-refractivity contribution is -0.660. The van der Waals surface area contributed by atoms with Crippen molar-refractivity contribution in [2.24, 2.45) is 7.05 Å². The van der Waals surface area contributed by atoms with E-state index in [4.69, 9.17) is 6.57 Å². The Labute approximate surface area is 143 Å². The number of aromatic nitrogens is 1. The molecule has 2 heterocycles. The second kappa shape index (κ2) is 5.40. The first-order valence-electron chi connectivity index (χ1n) is 7.58. The highest BCUT2D eigenvalue weighted by molar-refractivity contribution is 7.27. The molecular weight excluding hydrogens is 319 g/mol. The van der Waals surface area contributed by atoms with Crippen molar-refractivity contribution in [3.8, 4) is 11.3 Å². The van der Waals surface area contributed by atoms with E-state index in [1.54, 1.807) is 6.07 Å². The Morgan fingerprint density at radius 1 is 1.04 bits per heavy atom. The summed E-state index contributed by atoms with van der Waals surface area (Å²) < 4.78 is 17.9. The van der Waals surface area contributed by atoms with Gasteiger partial charge in [0.1, 0.15) is 12.9 Å². The predicted octanol–water partition coefficient (Wildman–Crippen LogP) is 5.54. The fourth-order valence-electron chi connectivity index (χ4n) is 3.17. The first kappa shape index (κ1) is 14.8. The Balaban J connectivity index is 2.20. The van der Waals surface area contributed by atoms with Crippen LogP contribution >= 0.6 is 11.3 Å². The summed E-state index contributed by atoms with van der Waals surface area (Å²) in [5.41, 5.74) is 3.54. The first-order chi connectivity index (χ1) is 11.6. The van der Waals surface area contributed by atoms with Gasteiger partial charge in [-0.2, -0.15) is 0 Å². The van der Waals surface area contributed by atoms with Gasteiger partial charge in [0, 0.05) is 21.5 Å². The van der Waals surface area contributed by atoms with Crippen molar-refractivity contribution in [2.75, 3.05) is 0 Å². The van der Waals surface area contributed by atoms with Gasteiger partial charge in [0.15, 0.2) is 6.20 Å². The summed E-state index contributed by atoms with van der Waals surface area (Å²) in [5, 5.41) is 2.02. The molecule has 0 unspecified atom stereocenters. The lowest BCUT2D eigenvalue weighted by Crippen LogP contribution is -2.30. The number of thiophene rings is 1. The third-order valence-electron chi connectivity index (χ3n) is 4.37. The van der Waals surface area contributed by atoms with E-state index in [1.807, 2.05) is 25.4 Å². The van der Waals surface area contributed by atoms with Gasteiger partial charge in [-0.15, -0.1) is 11.3 Å². The van der Waals surface area contributed by atoms with E-state index in [1.165, 1.54) is 23.0 Å². The molecule has 116 valence electrons. The molecule has 0 fully saturated rings. The highest BCUT2D eigenvalue weighted by Crippen LogP contribution is 2.44. The van der Waals surface area contributed by atoms with Crippen LogP contribution in [0.4, 0.5) is 10.1 Å². The number of rotatable bonds is 1. The standard InChI is InChI=1S/C20H14FN2S/c1-12-7-8-13-14-9-10-15(21)18(22-2)20(14)24-19(13)17(12)16-6-4-5-11-23(16)3/h4-11H,1,3H3/q+1. The third-order valence-corrected chi connectivity index (χ3v) is 5.61. The van der Waals surface area contributed by atoms with Crippen LogP contribution in [0.2, 0.25) is 0 Å². The smallest absolute Gasteiger partial charge is 0.234 e. The molecule has 0 aliphatic heterocycles. The van der Waals surface area contributed by atoms with E-state index in [0.29, 0.717) is 0 Å². The van der Waals surface area contributed by atoms with Crippen molar-refractivity contribution in [2.45, 2.75) is 6.92 Å². The summed E-state index contributed by atoms with van der Waals surface area (Å²) in [4.78, 5) is 3.42. The minimum absolute atomic E-state index is 0.120. The average Bonchev–Trinajstić information content (AvgIpc) is 2.94. The molecule has 4 heteroatoms. The van der Waals surface area contributed by atoms with Crippen LogP contribution in [0.15, 0.2) is 48.7 Å². The zero-order valence-corrected chi connectivity index (χ0v) is 14.1. The maximum atomic E-state index is 14.0. The molecule has 0 N–H and O–H groups in total. The summed E-state index contributed by atoms with van der Waals surface area (Å²) >= 11 is 1.50. The average molecular weight is 333 g/mol. The quantitative estimate of drug-likeness (QED) is 0.319. The Morgan fingerprint density at radius 3 is 2.54 bits per heavy atom. The zero-order chi connectivity index (χ0) is 16.8. The van der Waals surface area contributed by atoms with E-state index in [2.05, 4.69) is 34.5 Å². The van der Waals surface area contributed by atoms with Crippen LogP contribution in [0.1, 0.15) is 5.56 Å². The Kier molecular flexibility index (Phi) is 3.33. The summed E-state index contributed by atoms with van der Waals surface area (Å²) in [6.07, 6.45) is 2.02. The van der Waals surface area contributed by atoms with E-state index in [0.717, 1.165) is 31.4 Å². The summed E-state index contributed by atoms with van der Waals surface area (Å²) in [5.74, 6) is -0.451. The highest BCUT2D eigenvalue weighted by Gasteiger charge is 2.20. The van der Waals surface area contributed by atoms with Gasteiger partial charge in [-0.25, -0.2) is 13.8 Å². The van der Waals surface area contributed by atoms with Crippen LogP contribution in [-0.2, 0) is 7.05 Å². The molecule has 0 saturated carbocycles. The minimum atomic E-state index is -0.451. The maximum Gasteiger partial charge on any atom is 0.239 e. The first-order valence-corrected chi connectivity index (χ1v) is 8.40. The van der Waals surface area contributed by atoms with Gasteiger partial charge in [0.05, 0.1) is 12.1 Å². The predicted molar refractivity (Wildman–Crippen MR) is 96.9 cm³/mol.